The van der Waals surface area contributed by atoms with E-state index in [1.807, 2.05) is 0 Å². The molecular formula is C14H14N2O3. The zero-order valence-electron chi connectivity index (χ0n) is 10.4. The summed E-state index contributed by atoms with van der Waals surface area (Å²) >= 11 is 0. The average Bonchev–Trinajstić information content (AvgIpc) is 2.42. The molecule has 2 rings (SSSR count). The second kappa shape index (κ2) is 5.49. The Morgan fingerprint density at radius 1 is 1.37 bits per heavy atom. The minimum Gasteiger partial charge on any atom is -0.508 e. The molecule has 1 amide bonds. The van der Waals surface area contributed by atoms with Gasteiger partial charge in [0.15, 0.2) is 0 Å². The summed E-state index contributed by atoms with van der Waals surface area (Å²) in [5.41, 5.74) is 1.93. The maximum absolute atomic E-state index is 12.1. The molecule has 98 valence electrons. The van der Waals surface area contributed by atoms with Crippen molar-refractivity contribution in [2.45, 2.75) is 13.5 Å². The van der Waals surface area contributed by atoms with Crippen molar-refractivity contribution in [2.24, 2.45) is 0 Å². The van der Waals surface area contributed by atoms with Gasteiger partial charge < -0.3 is 15.5 Å². The molecule has 5 nitrogen and oxygen atoms in total. The number of aromatic hydroxyl groups is 1. The number of nitrogens with zero attached hydrogens (tertiary/aromatic N) is 1. The normalized spacial score (nSPS) is 10.2. The Hall–Kier alpha value is -2.40. The number of pyridine rings is 1. The molecule has 0 saturated carbocycles. The lowest BCUT2D eigenvalue weighted by Gasteiger charge is -2.10. The Morgan fingerprint density at radius 3 is 2.89 bits per heavy atom. The van der Waals surface area contributed by atoms with E-state index in [0.717, 1.165) is 0 Å². The van der Waals surface area contributed by atoms with Gasteiger partial charge in [0, 0.05) is 22.9 Å². The number of aliphatic hydroxyl groups excluding tert-OH is 1. The highest BCUT2D eigenvalue weighted by Crippen LogP contribution is 2.21. The van der Waals surface area contributed by atoms with Crippen LogP contribution < -0.4 is 5.32 Å². The molecule has 0 unspecified atom stereocenters. The minimum atomic E-state index is -0.351. The molecule has 2 aromatic rings. The smallest absolute Gasteiger partial charge is 0.256 e. The first-order valence-electron chi connectivity index (χ1n) is 5.77. The predicted molar refractivity (Wildman–Crippen MR) is 71.0 cm³/mol. The summed E-state index contributed by atoms with van der Waals surface area (Å²) in [5, 5.41) is 21.4. The SMILES string of the molecule is Cc1c(O)cccc1C(=O)Nc1cnccc1CO. The monoisotopic (exact) mass is 258 g/mol. The number of aromatic nitrogens is 1. The van der Waals surface area contributed by atoms with Gasteiger partial charge in [0.2, 0.25) is 0 Å². The van der Waals surface area contributed by atoms with Crippen LogP contribution in [0.15, 0.2) is 36.7 Å². The molecule has 1 heterocycles. The van der Waals surface area contributed by atoms with Crippen LogP contribution in [0.25, 0.3) is 0 Å². The van der Waals surface area contributed by atoms with Gasteiger partial charge in [-0.2, -0.15) is 0 Å². The van der Waals surface area contributed by atoms with E-state index in [1.165, 1.54) is 12.3 Å². The molecular weight excluding hydrogens is 244 g/mol. The number of anilines is 1. The third kappa shape index (κ3) is 2.71. The predicted octanol–water partition coefficient (Wildman–Crippen LogP) is 1.84. The topological polar surface area (TPSA) is 82.5 Å². The number of rotatable bonds is 3. The van der Waals surface area contributed by atoms with Crippen molar-refractivity contribution < 1.29 is 15.0 Å². The zero-order chi connectivity index (χ0) is 13.8. The second-order valence-corrected chi connectivity index (χ2v) is 4.09. The van der Waals surface area contributed by atoms with Crippen molar-refractivity contribution in [3.63, 3.8) is 0 Å². The molecule has 0 aliphatic heterocycles. The molecule has 19 heavy (non-hydrogen) atoms. The lowest BCUT2D eigenvalue weighted by atomic mass is 10.1. The molecule has 0 bridgehead atoms. The van der Waals surface area contributed by atoms with Crippen molar-refractivity contribution in [3.8, 4) is 5.75 Å². The summed E-state index contributed by atoms with van der Waals surface area (Å²) in [5.74, 6) is -0.280. The number of carbonyl (C=O) groups is 1. The molecule has 0 spiro atoms. The molecule has 0 fully saturated rings. The van der Waals surface area contributed by atoms with Crippen LogP contribution in [-0.4, -0.2) is 21.1 Å². The van der Waals surface area contributed by atoms with Gasteiger partial charge in [-0.15, -0.1) is 0 Å². The van der Waals surface area contributed by atoms with E-state index in [1.54, 1.807) is 31.3 Å². The number of phenolic OH excluding ortho intramolecular Hbond substituents is 1. The molecule has 1 aromatic heterocycles. The van der Waals surface area contributed by atoms with Crippen LogP contribution in [0.5, 0.6) is 5.75 Å². The van der Waals surface area contributed by atoms with Crippen molar-refractivity contribution in [1.82, 2.24) is 4.98 Å². The van der Waals surface area contributed by atoms with Gasteiger partial charge in [-0.3, -0.25) is 9.78 Å². The van der Waals surface area contributed by atoms with E-state index in [2.05, 4.69) is 10.3 Å². The highest BCUT2D eigenvalue weighted by Gasteiger charge is 2.13. The van der Waals surface area contributed by atoms with Gasteiger partial charge in [0.05, 0.1) is 18.5 Å². The Labute approximate surface area is 110 Å². The summed E-state index contributed by atoms with van der Waals surface area (Å²) in [6, 6.07) is 6.38. The van der Waals surface area contributed by atoms with Gasteiger partial charge in [-0.25, -0.2) is 0 Å². The minimum absolute atomic E-state index is 0.0706. The number of phenols is 1. The Kier molecular flexibility index (Phi) is 3.77. The molecule has 5 heteroatoms. The second-order valence-electron chi connectivity index (χ2n) is 4.09. The molecule has 3 N–H and O–H groups in total. The Bertz CT molecular complexity index is 611. The fourth-order valence-corrected chi connectivity index (χ4v) is 1.73. The fraction of sp³-hybridized carbons (Fsp3) is 0.143. The number of benzene rings is 1. The Balaban J connectivity index is 2.28. The standard InChI is InChI=1S/C14H14N2O3/c1-9-11(3-2-4-13(9)18)14(19)16-12-7-15-6-5-10(12)8-17/h2-7,17-18H,8H2,1H3,(H,16,19). The van der Waals surface area contributed by atoms with E-state index in [-0.39, 0.29) is 18.3 Å². The number of amides is 1. The van der Waals surface area contributed by atoms with Crippen LogP contribution in [0.4, 0.5) is 5.69 Å². The summed E-state index contributed by atoms with van der Waals surface area (Å²) in [6.45, 7) is 1.48. The quantitative estimate of drug-likeness (QED) is 0.784. The number of hydrogen-bond acceptors (Lipinski definition) is 4. The highest BCUT2D eigenvalue weighted by molar-refractivity contribution is 6.05. The molecule has 0 atom stereocenters. The number of aliphatic hydroxyl groups is 1. The van der Waals surface area contributed by atoms with Gasteiger partial charge in [-0.05, 0) is 25.1 Å². The third-order valence-electron chi connectivity index (χ3n) is 2.88. The summed E-state index contributed by atoms with van der Waals surface area (Å²) in [6.07, 6.45) is 3.02. The first kappa shape index (κ1) is 13.0. The summed E-state index contributed by atoms with van der Waals surface area (Å²) in [7, 11) is 0. The first-order chi connectivity index (χ1) is 9.13. The number of carbonyl (C=O) groups excluding carboxylic acids is 1. The van der Waals surface area contributed by atoms with Crippen LogP contribution >= 0.6 is 0 Å². The lowest BCUT2D eigenvalue weighted by molar-refractivity contribution is 0.102. The van der Waals surface area contributed by atoms with E-state index >= 15 is 0 Å². The van der Waals surface area contributed by atoms with Crippen LogP contribution in [0.3, 0.4) is 0 Å². The maximum atomic E-state index is 12.1. The molecule has 0 radical (unpaired) electrons. The fourth-order valence-electron chi connectivity index (χ4n) is 1.73. The summed E-state index contributed by atoms with van der Waals surface area (Å²) < 4.78 is 0. The van der Waals surface area contributed by atoms with Crippen LogP contribution in [0.1, 0.15) is 21.5 Å². The molecule has 0 aliphatic carbocycles. The molecule has 1 aromatic carbocycles. The van der Waals surface area contributed by atoms with Crippen LogP contribution in [0.2, 0.25) is 0 Å². The maximum Gasteiger partial charge on any atom is 0.256 e. The summed E-state index contributed by atoms with van der Waals surface area (Å²) in [4.78, 5) is 16.0. The van der Waals surface area contributed by atoms with E-state index in [4.69, 9.17) is 0 Å². The van der Waals surface area contributed by atoms with Crippen LogP contribution in [-0.2, 0) is 6.61 Å². The van der Waals surface area contributed by atoms with Gasteiger partial charge in [-0.1, -0.05) is 6.07 Å². The zero-order valence-corrected chi connectivity index (χ0v) is 10.4. The van der Waals surface area contributed by atoms with Gasteiger partial charge in [0.25, 0.3) is 5.91 Å². The average molecular weight is 258 g/mol. The number of nitrogens with one attached hydrogen (secondary N) is 1. The molecule has 0 aliphatic rings. The van der Waals surface area contributed by atoms with E-state index in [9.17, 15) is 15.0 Å². The highest BCUT2D eigenvalue weighted by atomic mass is 16.3. The van der Waals surface area contributed by atoms with Crippen LogP contribution in [0, 0.1) is 6.92 Å². The van der Waals surface area contributed by atoms with Crippen molar-refractivity contribution in [3.05, 3.63) is 53.3 Å². The van der Waals surface area contributed by atoms with E-state index in [0.29, 0.717) is 22.4 Å². The molecule has 0 saturated heterocycles. The third-order valence-corrected chi connectivity index (χ3v) is 2.88. The van der Waals surface area contributed by atoms with Crippen molar-refractivity contribution in [2.75, 3.05) is 5.32 Å². The van der Waals surface area contributed by atoms with Crippen molar-refractivity contribution >= 4 is 11.6 Å². The Morgan fingerprint density at radius 2 is 2.16 bits per heavy atom. The first-order valence-corrected chi connectivity index (χ1v) is 5.77. The van der Waals surface area contributed by atoms with Gasteiger partial charge in [0.1, 0.15) is 5.75 Å². The van der Waals surface area contributed by atoms with Gasteiger partial charge >= 0.3 is 0 Å². The largest absolute Gasteiger partial charge is 0.508 e. The number of hydrogen-bond donors (Lipinski definition) is 3. The van der Waals surface area contributed by atoms with E-state index < -0.39 is 0 Å². The lowest BCUT2D eigenvalue weighted by Crippen LogP contribution is -2.14. The van der Waals surface area contributed by atoms with Crippen molar-refractivity contribution in [1.29, 1.82) is 0 Å².